The van der Waals surface area contributed by atoms with Crippen LogP contribution < -0.4 is 0 Å². The number of aromatic carboxylic acids is 1. The molecule has 21 heavy (non-hydrogen) atoms. The van der Waals surface area contributed by atoms with Crippen molar-refractivity contribution in [3.8, 4) is 0 Å². The number of nitrogens with zero attached hydrogens (tertiary/aromatic N) is 1. The zero-order chi connectivity index (χ0) is 15.4. The largest absolute Gasteiger partial charge is 0.478 e. The van der Waals surface area contributed by atoms with Gasteiger partial charge in [0.05, 0.1) is 13.1 Å². The van der Waals surface area contributed by atoms with E-state index in [0.29, 0.717) is 17.1 Å². The zero-order valence-corrected chi connectivity index (χ0v) is 12.4. The molecule has 2 aliphatic rings. The van der Waals surface area contributed by atoms with Gasteiger partial charge in [-0.15, -0.1) is 0 Å². The van der Waals surface area contributed by atoms with Gasteiger partial charge in [-0.1, -0.05) is 0 Å². The van der Waals surface area contributed by atoms with Crippen molar-refractivity contribution in [1.82, 2.24) is 4.90 Å². The van der Waals surface area contributed by atoms with E-state index in [2.05, 4.69) is 0 Å². The minimum absolute atomic E-state index is 0.233. The average molecular weight is 293 g/mol. The number of carbonyl (C=O) groups is 2. The van der Waals surface area contributed by atoms with Crippen molar-refractivity contribution >= 4 is 12.1 Å². The molecule has 1 aliphatic heterocycles. The standard InChI is InChI=1S/C15H19NO5/c1-15(2,3)21-14(19)16-6-9-10(7-16)20-12(8-4-5-8)11(9)13(17)18/h8H,4-7H2,1-3H3,(H,17,18). The Kier molecular flexibility index (Phi) is 3.00. The number of hydrogen-bond acceptors (Lipinski definition) is 4. The summed E-state index contributed by atoms with van der Waals surface area (Å²) < 4.78 is 11.0. The molecule has 114 valence electrons. The molecular weight excluding hydrogens is 274 g/mol. The fraction of sp³-hybridized carbons (Fsp3) is 0.600. The molecule has 0 atom stereocenters. The summed E-state index contributed by atoms with van der Waals surface area (Å²) in [5, 5.41) is 9.41. The van der Waals surface area contributed by atoms with Crippen molar-refractivity contribution in [2.45, 2.75) is 58.2 Å². The highest BCUT2D eigenvalue weighted by Gasteiger charge is 2.40. The summed E-state index contributed by atoms with van der Waals surface area (Å²) in [4.78, 5) is 25.0. The average Bonchev–Trinajstić information content (AvgIpc) is 2.97. The highest BCUT2D eigenvalue weighted by molar-refractivity contribution is 5.91. The van der Waals surface area contributed by atoms with Gasteiger partial charge in [0.15, 0.2) is 0 Å². The predicted octanol–water partition coefficient (Wildman–Crippen LogP) is 3.11. The van der Waals surface area contributed by atoms with Crippen LogP contribution in [0.4, 0.5) is 4.79 Å². The molecular formula is C15H19NO5. The van der Waals surface area contributed by atoms with Crippen molar-refractivity contribution in [1.29, 1.82) is 0 Å². The lowest BCUT2D eigenvalue weighted by atomic mass is 10.1. The maximum absolute atomic E-state index is 12.1. The first-order chi connectivity index (χ1) is 9.76. The molecule has 0 aromatic carbocycles. The Balaban J connectivity index is 1.82. The number of ether oxygens (including phenoxy) is 1. The van der Waals surface area contributed by atoms with Gasteiger partial charge in [0.1, 0.15) is 22.7 Å². The summed E-state index contributed by atoms with van der Waals surface area (Å²) in [5.41, 5.74) is 0.295. The summed E-state index contributed by atoms with van der Waals surface area (Å²) in [6.45, 7) is 5.91. The van der Waals surface area contributed by atoms with Gasteiger partial charge in [0.25, 0.3) is 0 Å². The van der Waals surface area contributed by atoms with Gasteiger partial charge in [-0.2, -0.15) is 0 Å². The number of carbonyl (C=O) groups excluding carboxylic acids is 1. The van der Waals surface area contributed by atoms with Gasteiger partial charge in [-0.3, -0.25) is 4.90 Å². The minimum Gasteiger partial charge on any atom is -0.478 e. The predicted molar refractivity (Wildman–Crippen MR) is 73.1 cm³/mol. The Morgan fingerprint density at radius 2 is 1.95 bits per heavy atom. The first-order valence-corrected chi connectivity index (χ1v) is 7.12. The van der Waals surface area contributed by atoms with Gasteiger partial charge in [0, 0.05) is 11.5 Å². The summed E-state index contributed by atoms with van der Waals surface area (Å²) in [7, 11) is 0. The molecule has 1 amide bonds. The Morgan fingerprint density at radius 1 is 1.29 bits per heavy atom. The van der Waals surface area contributed by atoms with Crippen LogP contribution in [0.5, 0.6) is 0 Å². The van der Waals surface area contributed by atoms with E-state index in [1.807, 2.05) is 0 Å². The van der Waals surface area contributed by atoms with E-state index < -0.39 is 17.7 Å². The molecule has 2 heterocycles. The Labute approximate surface area is 122 Å². The van der Waals surface area contributed by atoms with E-state index in [1.165, 1.54) is 4.90 Å². The van der Waals surface area contributed by atoms with E-state index in [9.17, 15) is 14.7 Å². The fourth-order valence-electron chi connectivity index (χ4n) is 2.57. The second-order valence-corrected chi connectivity index (χ2v) is 6.66. The molecule has 1 fully saturated rings. The van der Waals surface area contributed by atoms with Gasteiger partial charge in [-0.25, -0.2) is 9.59 Å². The monoisotopic (exact) mass is 293 g/mol. The Morgan fingerprint density at radius 3 is 2.48 bits per heavy atom. The van der Waals surface area contributed by atoms with Crippen LogP contribution in [0.3, 0.4) is 0 Å². The van der Waals surface area contributed by atoms with Crippen molar-refractivity contribution in [3.63, 3.8) is 0 Å². The van der Waals surface area contributed by atoms with E-state index >= 15 is 0 Å². The van der Waals surface area contributed by atoms with Gasteiger partial charge >= 0.3 is 12.1 Å². The number of hydrogen-bond donors (Lipinski definition) is 1. The van der Waals surface area contributed by atoms with Crippen LogP contribution in [0.2, 0.25) is 0 Å². The maximum atomic E-state index is 12.1. The van der Waals surface area contributed by atoms with Gasteiger partial charge < -0.3 is 14.3 Å². The van der Waals surface area contributed by atoms with Crippen molar-refractivity contribution in [2.75, 3.05) is 0 Å². The van der Waals surface area contributed by atoms with Crippen molar-refractivity contribution in [3.05, 3.63) is 22.6 Å². The number of rotatable bonds is 2. The molecule has 0 radical (unpaired) electrons. The fourth-order valence-corrected chi connectivity index (χ4v) is 2.57. The number of amides is 1. The number of carboxylic acids is 1. The molecule has 1 saturated carbocycles. The van der Waals surface area contributed by atoms with Crippen LogP contribution in [0.15, 0.2) is 4.42 Å². The maximum Gasteiger partial charge on any atom is 0.411 e. The molecule has 6 nitrogen and oxygen atoms in total. The molecule has 0 saturated heterocycles. The van der Waals surface area contributed by atoms with Crippen LogP contribution in [0.25, 0.3) is 0 Å². The van der Waals surface area contributed by atoms with Gasteiger partial charge in [0.2, 0.25) is 0 Å². The second-order valence-electron chi connectivity index (χ2n) is 6.66. The highest BCUT2D eigenvalue weighted by atomic mass is 16.6. The lowest BCUT2D eigenvalue weighted by Gasteiger charge is -2.24. The van der Waals surface area contributed by atoms with Crippen LogP contribution >= 0.6 is 0 Å². The van der Waals surface area contributed by atoms with Gasteiger partial charge in [-0.05, 0) is 33.6 Å². The SMILES string of the molecule is CC(C)(C)OC(=O)N1Cc2oc(C3CC3)c(C(=O)O)c2C1. The third-order valence-electron chi connectivity index (χ3n) is 3.62. The topological polar surface area (TPSA) is 80.0 Å². The molecule has 3 rings (SSSR count). The van der Waals surface area contributed by atoms with Crippen LogP contribution in [-0.2, 0) is 17.8 Å². The minimum atomic E-state index is -0.979. The van der Waals surface area contributed by atoms with Crippen LogP contribution in [0, 0.1) is 0 Å². The van der Waals surface area contributed by atoms with Crippen molar-refractivity contribution < 1.29 is 23.8 Å². The third kappa shape index (κ3) is 2.62. The lowest BCUT2D eigenvalue weighted by molar-refractivity contribution is 0.0231. The first-order valence-electron chi connectivity index (χ1n) is 7.12. The summed E-state index contributed by atoms with van der Waals surface area (Å²) in [6.07, 6.45) is 1.50. The first kappa shape index (κ1) is 14.0. The second kappa shape index (κ2) is 4.51. The third-order valence-corrected chi connectivity index (χ3v) is 3.62. The molecule has 1 aromatic rings. The Bertz CT molecular complexity index is 606. The molecule has 1 aromatic heterocycles. The zero-order valence-electron chi connectivity index (χ0n) is 12.4. The normalized spacial score (nSPS) is 17.8. The summed E-state index contributed by atoms with van der Waals surface area (Å²) in [5.74, 6) is 0.418. The highest BCUT2D eigenvalue weighted by Crippen LogP contribution is 2.45. The molecule has 1 aliphatic carbocycles. The molecule has 1 N–H and O–H groups in total. The molecule has 0 bridgehead atoms. The summed E-state index contributed by atoms with van der Waals surface area (Å²) in [6, 6.07) is 0. The van der Waals surface area contributed by atoms with Crippen LogP contribution in [-0.4, -0.2) is 27.7 Å². The summed E-state index contributed by atoms with van der Waals surface area (Å²) >= 11 is 0. The number of fused-ring (bicyclic) bond motifs is 1. The smallest absolute Gasteiger partial charge is 0.411 e. The molecule has 0 spiro atoms. The van der Waals surface area contributed by atoms with E-state index in [0.717, 1.165) is 12.8 Å². The molecule has 6 heteroatoms. The number of furan rings is 1. The van der Waals surface area contributed by atoms with Crippen LogP contribution in [0.1, 0.15) is 67.0 Å². The van der Waals surface area contributed by atoms with E-state index in [1.54, 1.807) is 20.8 Å². The quantitative estimate of drug-likeness (QED) is 0.906. The van der Waals surface area contributed by atoms with E-state index in [4.69, 9.17) is 9.15 Å². The Hall–Kier alpha value is -1.98. The van der Waals surface area contributed by atoms with E-state index in [-0.39, 0.29) is 24.6 Å². The van der Waals surface area contributed by atoms with Crippen molar-refractivity contribution in [2.24, 2.45) is 0 Å². The number of carboxylic acid groups (broad SMARTS) is 1. The lowest BCUT2D eigenvalue weighted by Crippen LogP contribution is -2.33. The molecule has 0 unspecified atom stereocenters.